The Morgan fingerprint density at radius 2 is 2.07 bits per heavy atom. The van der Waals surface area contributed by atoms with Crippen LogP contribution in [0, 0.1) is 6.92 Å². The molecule has 7 nitrogen and oxygen atoms in total. The molecule has 140 valence electrons. The Balaban J connectivity index is 1.37. The zero-order valence-corrected chi connectivity index (χ0v) is 15.3. The third-order valence-corrected chi connectivity index (χ3v) is 4.83. The Bertz CT molecular complexity index is 902. The zero-order valence-electron chi connectivity index (χ0n) is 15.3. The number of furan rings is 1. The van der Waals surface area contributed by atoms with Gasteiger partial charge in [-0.2, -0.15) is 5.10 Å². The monoisotopic (exact) mass is 365 g/mol. The van der Waals surface area contributed by atoms with Gasteiger partial charge in [0, 0.05) is 43.8 Å². The number of nitrogens with zero attached hydrogens (tertiary/aromatic N) is 4. The first kappa shape index (κ1) is 17.5. The number of nitrogens with one attached hydrogen (secondary N) is 1. The number of fused-ring (bicyclic) bond motifs is 1. The van der Waals surface area contributed by atoms with Crippen LogP contribution in [0.1, 0.15) is 40.0 Å². The lowest BCUT2D eigenvalue weighted by atomic mass is 10.1. The highest BCUT2D eigenvalue weighted by molar-refractivity contribution is 5.93. The quantitative estimate of drug-likeness (QED) is 0.726. The van der Waals surface area contributed by atoms with E-state index < -0.39 is 0 Å². The lowest BCUT2D eigenvalue weighted by molar-refractivity contribution is 0.0946. The van der Waals surface area contributed by atoms with Gasteiger partial charge in [0.1, 0.15) is 11.5 Å². The van der Waals surface area contributed by atoms with E-state index in [0.29, 0.717) is 12.1 Å². The minimum atomic E-state index is -0.0724. The van der Waals surface area contributed by atoms with Crippen molar-refractivity contribution in [3.05, 3.63) is 71.7 Å². The van der Waals surface area contributed by atoms with E-state index >= 15 is 0 Å². The highest BCUT2D eigenvalue weighted by Gasteiger charge is 2.26. The van der Waals surface area contributed by atoms with E-state index in [1.807, 2.05) is 25.3 Å². The third kappa shape index (κ3) is 4.09. The van der Waals surface area contributed by atoms with Crippen LogP contribution in [0.5, 0.6) is 0 Å². The summed E-state index contributed by atoms with van der Waals surface area (Å²) >= 11 is 0. The van der Waals surface area contributed by atoms with Gasteiger partial charge >= 0.3 is 0 Å². The first-order valence-corrected chi connectivity index (χ1v) is 9.17. The Labute approximate surface area is 158 Å². The van der Waals surface area contributed by atoms with Crippen LogP contribution in [-0.4, -0.2) is 38.7 Å². The van der Waals surface area contributed by atoms with Gasteiger partial charge in [-0.1, -0.05) is 0 Å². The highest BCUT2D eigenvalue weighted by Crippen LogP contribution is 2.24. The average molecular weight is 365 g/mol. The van der Waals surface area contributed by atoms with Crippen molar-refractivity contribution in [3.63, 3.8) is 0 Å². The minimum Gasteiger partial charge on any atom is -0.465 e. The molecule has 0 aliphatic carbocycles. The lowest BCUT2D eigenvalue weighted by Crippen LogP contribution is -2.38. The molecule has 4 rings (SSSR count). The van der Waals surface area contributed by atoms with Crippen molar-refractivity contribution < 1.29 is 9.21 Å². The molecular weight excluding hydrogens is 342 g/mol. The van der Waals surface area contributed by atoms with Crippen LogP contribution >= 0.6 is 0 Å². The molecule has 1 unspecified atom stereocenters. The maximum Gasteiger partial charge on any atom is 0.251 e. The Morgan fingerprint density at radius 1 is 1.22 bits per heavy atom. The molecule has 4 heterocycles. The first-order valence-electron chi connectivity index (χ1n) is 9.17. The number of aryl methyl sites for hydroxylation is 1. The van der Waals surface area contributed by atoms with Gasteiger partial charge < -0.3 is 9.73 Å². The molecule has 1 aliphatic heterocycles. The van der Waals surface area contributed by atoms with Gasteiger partial charge in [-0.25, -0.2) is 0 Å². The van der Waals surface area contributed by atoms with Gasteiger partial charge in [-0.3, -0.25) is 19.4 Å². The number of carbonyl (C=O) groups is 1. The molecule has 0 bridgehead atoms. The second kappa shape index (κ2) is 7.75. The van der Waals surface area contributed by atoms with Crippen molar-refractivity contribution in [1.82, 2.24) is 25.0 Å². The van der Waals surface area contributed by atoms with Crippen molar-refractivity contribution >= 4 is 5.91 Å². The van der Waals surface area contributed by atoms with Gasteiger partial charge in [-0.05, 0) is 43.7 Å². The molecule has 7 heteroatoms. The molecule has 3 aromatic heterocycles. The lowest BCUT2D eigenvalue weighted by Gasteiger charge is -2.33. The van der Waals surface area contributed by atoms with Crippen molar-refractivity contribution in [2.24, 2.45) is 0 Å². The molecule has 3 aromatic rings. The van der Waals surface area contributed by atoms with E-state index in [4.69, 9.17) is 4.42 Å². The molecule has 0 saturated heterocycles. The van der Waals surface area contributed by atoms with E-state index in [-0.39, 0.29) is 11.9 Å². The molecule has 1 atom stereocenters. The topological polar surface area (TPSA) is 76.2 Å². The maximum absolute atomic E-state index is 12.2. The van der Waals surface area contributed by atoms with E-state index in [1.165, 1.54) is 5.69 Å². The number of carbonyl (C=O) groups excluding carboxylic acids is 1. The predicted octanol–water partition coefficient (Wildman–Crippen LogP) is 2.56. The Kier molecular flexibility index (Phi) is 5.02. The number of aromatic nitrogens is 3. The van der Waals surface area contributed by atoms with Crippen LogP contribution in [-0.2, 0) is 13.1 Å². The summed E-state index contributed by atoms with van der Waals surface area (Å²) in [6.45, 7) is 5.06. The number of amides is 1. The number of rotatable bonds is 6. The summed E-state index contributed by atoms with van der Waals surface area (Å²) in [5.41, 5.74) is 1.82. The van der Waals surface area contributed by atoms with Gasteiger partial charge in [0.05, 0.1) is 18.3 Å². The van der Waals surface area contributed by atoms with Gasteiger partial charge in [0.2, 0.25) is 0 Å². The summed E-state index contributed by atoms with van der Waals surface area (Å²) < 4.78 is 7.81. The molecule has 0 saturated carbocycles. The molecule has 0 radical (unpaired) electrons. The summed E-state index contributed by atoms with van der Waals surface area (Å²) in [4.78, 5) is 18.5. The molecule has 27 heavy (non-hydrogen) atoms. The van der Waals surface area contributed by atoms with Gasteiger partial charge in [-0.15, -0.1) is 0 Å². The van der Waals surface area contributed by atoms with Crippen LogP contribution in [0.2, 0.25) is 0 Å². The minimum absolute atomic E-state index is 0.0724. The summed E-state index contributed by atoms with van der Waals surface area (Å²) in [7, 11) is 0. The normalized spacial score (nSPS) is 16.9. The van der Waals surface area contributed by atoms with E-state index in [1.54, 1.807) is 24.5 Å². The van der Waals surface area contributed by atoms with Gasteiger partial charge in [0.25, 0.3) is 5.91 Å². The van der Waals surface area contributed by atoms with Crippen LogP contribution < -0.4 is 5.32 Å². The Hall–Kier alpha value is -2.93. The standard InChI is InChI=1S/C20H23N5O2/c1-15-2-3-19(27-15)14-24-12-17(25-18(13-24)7-11-23-25)6-10-22-20(26)16-4-8-21-9-5-16/h2-5,7-9,11,17H,6,10,12-14H2,1H3,(H,22,26). The summed E-state index contributed by atoms with van der Waals surface area (Å²) in [6, 6.07) is 9.74. The van der Waals surface area contributed by atoms with E-state index in [2.05, 4.69) is 31.0 Å². The largest absolute Gasteiger partial charge is 0.465 e. The molecular formula is C20H23N5O2. The molecule has 0 fully saturated rings. The molecule has 0 aromatic carbocycles. The summed E-state index contributed by atoms with van der Waals surface area (Å²) in [6.07, 6.45) is 5.91. The SMILES string of the molecule is Cc1ccc(CN2Cc3ccnn3C(CCNC(=O)c3ccncc3)C2)o1. The van der Waals surface area contributed by atoms with Gasteiger partial charge in [0.15, 0.2) is 0 Å². The fourth-order valence-electron chi connectivity index (χ4n) is 3.55. The first-order chi connectivity index (χ1) is 13.2. The predicted molar refractivity (Wildman–Crippen MR) is 100 cm³/mol. The van der Waals surface area contributed by atoms with Crippen LogP contribution in [0.25, 0.3) is 0 Å². The van der Waals surface area contributed by atoms with Crippen molar-refractivity contribution in [1.29, 1.82) is 0 Å². The average Bonchev–Trinajstić information content (AvgIpc) is 3.31. The van der Waals surface area contributed by atoms with E-state index in [0.717, 1.165) is 37.6 Å². The molecule has 0 spiro atoms. The molecule has 1 amide bonds. The second-order valence-electron chi connectivity index (χ2n) is 6.88. The van der Waals surface area contributed by atoms with Crippen molar-refractivity contribution in [3.8, 4) is 0 Å². The Morgan fingerprint density at radius 3 is 2.85 bits per heavy atom. The highest BCUT2D eigenvalue weighted by atomic mass is 16.3. The van der Waals surface area contributed by atoms with E-state index in [9.17, 15) is 4.79 Å². The fraction of sp³-hybridized carbons (Fsp3) is 0.350. The second-order valence-corrected chi connectivity index (χ2v) is 6.88. The van der Waals surface area contributed by atoms with Crippen molar-refractivity contribution in [2.45, 2.75) is 32.5 Å². The number of hydrogen-bond acceptors (Lipinski definition) is 5. The number of hydrogen-bond donors (Lipinski definition) is 1. The maximum atomic E-state index is 12.2. The summed E-state index contributed by atoms with van der Waals surface area (Å²) in [5, 5.41) is 7.48. The molecule has 1 aliphatic rings. The number of pyridine rings is 1. The van der Waals surface area contributed by atoms with Crippen LogP contribution in [0.15, 0.2) is 53.3 Å². The third-order valence-electron chi connectivity index (χ3n) is 4.83. The summed E-state index contributed by atoms with van der Waals surface area (Å²) in [5.74, 6) is 1.84. The fourth-order valence-corrected chi connectivity index (χ4v) is 3.55. The van der Waals surface area contributed by atoms with Crippen LogP contribution in [0.3, 0.4) is 0 Å². The smallest absolute Gasteiger partial charge is 0.251 e. The van der Waals surface area contributed by atoms with Crippen molar-refractivity contribution in [2.75, 3.05) is 13.1 Å². The van der Waals surface area contributed by atoms with Crippen LogP contribution in [0.4, 0.5) is 0 Å². The zero-order chi connectivity index (χ0) is 18.6. The molecule has 1 N–H and O–H groups in total.